The molecule has 1 amide bonds. The zero-order chi connectivity index (χ0) is 12.5. The third kappa shape index (κ3) is 3.03. The maximum atomic E-state index is 12.2. The van der Waals surface area contributed by atoms with E-state index in [1.807, 2.05) is 29.2 Å². The molecule has 0 aliphatic carbocycles. The highest BCUT2D eigenvalue weighted by atomic mass is 32.1. The van der Waals surface area contributed by atoms with Gasteiger partial charge in [-0.1, -0.05) is 13.8 Å². The van der Waals surface area contributed by atoms with E-state index < -0.39 is 0 Å². The first-order valence-electron chi connectivity index (χ1n) is 6.06. The summed E-state index contributed by atoms with van der Waals surface area (Å²) in [5.74, 6) is 0.147. The molecule has 1 aliphatic rings. The van der Waals surface area contributed by atoms with E-state index in [1.54, 1.807) is 0 Å². The van der Waals surface area contributed by atoms with Crippen LogP contribution in [0.5, 0.6) is 0 Å². The molecular weight excluding hydrogens is 230 g/mol. The fourth-order valence-electron chi connectivity index (χ4n) is 2.10. The SMILES string of the molecule is CC1(C)CCN(C(=O)c2ccc(S)cc2)CC1. The van der Waals surface area contributed by atoms with Crippen LogP contribution in [0, 0.1) is 5.41 Å². The van der Waals surface area contributed by atoms with Gasteiger partial charge in [-0.15, -0.1) is 12.6 Å². The number of hydrogen-bond donors (Lipinski definition) is 1. The zero-order valence-electron chi connectivity index (χ0n) is 10.4. The lowest BCUT2D eigenvalue weighted by atomic mass is 9.82. The molecule has 1 heterocycles. The van der Waals surface area contributed by atoms with E-state index in [0.29, 0.717) is 5.41 Å². The van der Waals surface area contributed by atoms with Crippen molar-refractivity contribution in [3.63, 3.8) is 0 Å². The topological polar surface area (TPSA) is 20.3 Å². The fraction of sp³-hybridized carbons (Fsp3) is 0.500. The lowest BCUT2D eigenvalue weighted by molar-refractivity contribution is 0.0630. The second-order valence-corrected chi connectivity index (χ2v) is 6.02. The molecule has 0 atom stereocenters. The van der Waals surface area contributed by atoms with E-state index in [1.165, 1.54) is 0 Å². The Morgan fingerprint density at radius 2 is 1.71 bits per heavy atom. The largest absolute Gasteiger partial charge is 0.339 e. The molecule has 2 nitrogen and oxygen atoms in total. The lowest BCUT2D eigenvalue weighted by Gasteiger charge is -2.36. The summed E-state index contributed by atoms with van der Waals surface area (Å²) in [6.07, 6.45) is 2.17. The van der Waals surface area contributed by atoms with E-state index in [-0.39, 0.29) is 5.91 Å². The lowest BCUT2D eigenvalue weighted by Crippen LogP contribution is -2.41. The van der Waals surface area contributed by atoms with Gasteiger partial charge < -0.3 is 4.90 Å². The molecule has 0 saturated carbocycles. The van der Waals surface area contributed by atoms with Crippen molar-refractivity contribution in [1.82, 2.24) is 4.90 Å². The molecule has 0 N–H and O–H groups in total. The second kappa shape index (κ2) is 4.73. The van der Waals surface area contributed by atoms with Crippen molar-refractivity contribution in [2.45, 2.75) is 31.6 Å². The summed E-state index contributed by atoms with van der Waals surface area (Å²) in [7, 11) is 0. The zero-order valence-corrected chi connectivity index (χ0v) is 11.3. The highest BCUT2D eigenvalue weighted by Gasteiger charge is 2.28. The number of piperidine rings is 1. The van der Waals surface area contributed by atoms with Gasteiger partial charge in [-0.3, -0.25) is 4.79 Å². The van der Waals surface area contributed by atoms with Gasteiger partial charge in [-0.05, 0) is 42.5 Å². The number of benzene rings is 1. The van der Waals surface area contributed by atoms with Crippen molar-refractivity contribution in [2.75, 3.05) is 13.1 Å². The minimum Gasteiger partial charge on any atom is -0.339 e. The van der Waals surface area contributed by atoms with Crippen LogP contribution in [0.1, 0.15) is 37.0 Å². The number of amides is 1. The normalized spacial score (nSPS) is 19.1. The van der Waals surface area contributed by atoms with Gasteiger partial charge in [-0.25, -0.2) is 0 Å². The molecule has 1 fully saturated rings. The van der Waals surface area contributed by atoms with Gasteiger partial charge >= 0.3 is 0 Å². The maximum absolute atomic E-state index is 12.2. The van der Waals surface area contributed by atoms with Crippen molar-refractivity contribution < 1.29 is 4.79 Å². The summed E-state index contributed by atoms with van der Waals surface area (Å²) in [4.78, 5) is 15.1. The standard InChI is InChI=1S/C14H19NOS/c1-14(2)7-9-15(10-8-14)13(16)11-3-5-12(17)6-4-11/h3-6,17H,7-10H2,1-2H3. The molecule has 1 aromatic carbocycles. The first kappa shape index (κ1) is 12.5. The summed E-state index contributed by atoms with van der Waals surface area (Å²) < 4.78 is 0. The van der Waals surface area contributed by atoms with Gasteiger partial charge in [-0.2, -0.15) is 0 Å². The van der Waals surface area contributed by atoms with Crippen molar-refractivity contribution in [2.24, 2.45) is 5.41 Å². The molecule has 92 valence electrons. The van der Waals surface area contributed by atoms with Gasteiger partial charge in [0.2, 0.25) is 0 Å². The van der Waals surface area contributed by atoms with E-state index >= 15 is 0 Å². The second-order valence-electron chi connectivity index (χ2n) is 5.50. The van der Waals surface area contributed by atoms with Crippen LogP contribution in [0.15, 0.2) is 29.2 Å². The summed E-state index contributed by atoms with van der Waals surface area (Å²) in [6, 6.07) is 7.43. The van der Waals surface area contributed by atoms with Gasteiger partial charge in [0.25, 0.3) is 5.91 Å². The van der Waals surface area contributed by atoms with Crippen LogP contribution in [0.25, 0.3) is 0 Å². The van der Waals surface area contributed by atoms with E-state index in [4.69, 9.17) is 0 Å². The molecule has 0 bridgehead atoms. The van der Waals surface area contributed by atoms with Crippen LogP contribution < -0.4 is 0 Å². The monoisotopic (exact) mass is 249 g/mol. The van der Waals surface area contributed by atoms with Crippen LogP contribution in [0.2, 0.25) is 0 Å². The first-order chi connectivity index (χ1) is 7.98. The van der Waals surface area contributed by atoms with Crippen molar-refractivity contribution in [3.05, 3.63) is 29.8 Å². The molecule has 3 heteroatoms. The average Bonchev–Trinajstić information content (AvgIpc) is 2.29. The third-order valence-corrected chi connectivity index (χ3v) is 3.82. The Labute approximate surface area is 108 Å². The average molecular weight is 249 g/mol. The Bertz CT molecular complexity index is 401. The number of rotatable bonds is 1. The quantitative estimate of drug-likeness (QED) is 0.758. The van der Waals surface area contributed by atoms with Gasteiger partial charge in [0.05, 0.1) is 0 Å². The maximum Gasteiger partial charge on any atom is 0.253 e. The Hall–Kier alpha value is -0.960. The Kier molecular flexibility index (Phi) is 3.48. The number of carbonyl (C=O) groups is 1. The smallest absolute Gasteiger partial charge is 0.253 e. The number of hydrogen-bond acceptors (Lipinski definition) is 2. The molecular formula is C14H19NOS. The van der Waals surface area contributed by atoms with E-state index in [9.17, 15) is 4.79 Å². The molecule has 17 heavy (non-hydrogen) atoms. The summed E-state index contributed by atoms with van der Waals surface area (Å²) in [6.45, 7) is 6.28. The molecule has 0 radical (unpaired) electrons. The Morgan fingerprint density at radius 3 is 2.24 bits per heavy atom. The molecule has 2 rings (SSSR count). The predicted octanol–water partition coefficient (Wildman–Crippen LogP) is 3.24. The molecule has 1 aromatic rings. The van der Waals surface area contributed by atoms with Crippen molar-refractivity contribution in [3.8, 4) is 0 Å². The third-order valence-electron chi connectivity index (χ3n) is 3.52. The number of thiol groups is 1. The van der Waals surface area contributed by atoms with E-state index in [2.05, 4.69) is 26.5 Å². The van der Waals surface area contributed by atoms with Gasteiger partial charge in [0, 0.05) is 23.5 Å². The van der Waals surface area contributed by atoms with Gasteiger partial charge in [0.1, 0.15) is 0 Å². The van der Waals surface area contributed by atoms with Crippen LogP contribution >= 0.6 is 12.6 Å². The summed E-state index contributed by atoms with van der Waals surface area (Å²) >= 11 is 4.23. The molecule has 0 unspecified atom stereocenters. The molecule has 1 saturated heterocycles. The molecule has 0 spiro atoms. The minimum atomic E-state index is 0.147. The van der Waals surface area contributed by atoms with Crippen LogP contribution in [0.3, 0.4) is 0 Å². The number of likely N-dealkylation sites (tertiary alicyclic amines) is 1. The van der Waals surface area contributed by atoms with Crippen molar-refractivity contribution >= 4 is 18.5 Å². The first-order valence-corrected chi connectivity index (χ1v) is 6.51. The van der Waals surface area contributed by atoms with Crippen LogP contribution in [0.4, 0.5) is 0 Å². The number of carbonyl (C=O) groups excluding carboxylic acids is 1. The van der Waals surface area contributed by atoms with Gasteiger partial charge in [0.15, 0.2) is 0 Å². The molecule has 0 aromatic heterocycles. The summed E-state index contributed by atoms with van der Waals surface area (Å²) in [5.41, 5.74) is 1.15. The van der Waals surface area contributed by atoms with Crippen LogP contribution in [-0.4, -0.2) is 23.9 Å². The minimum absolute atomic E-state index is 0.147. The highest BCUT2D eigenvalue weighted by Crippen LogP contribution is 2.30. The molecule has 1 aliphatic heterocycles. The fourth-order valence-corrected chi connectivity index (χ4v) is 2.25. The number of nitrogens with zero attached hydrogens (tertiary/aromatic N) is 1. The van der Waals surface area contributed by atoms with Crippen molar-refractivity contribution in [1.29, 1.82) is 0 Å². The van der Waals surface area contributed by atoms with Crippen LogP contribution in [-0.2, 0) is 0 Å². The van der Waals surface area contributed by atoms with E-state index in [0.717, 1.165) is 36.4 Å². The predicted molar refractivity (Wildman–Crippen MR) is 72.6 cm³/mol. The summed E-state index contributed by atoms with van der Waals surface area (Å²) in [5, 5.41) is 0. The Morgan fingerprint density at radius 1 is 1.18 bits per heavy atom. The highest BCUT2D eigenvalue weighted by molar-refractivity contribution is 7.80. The Balaban J connectivity index is 2.04.